The molecule has 1 saturated carbocycles. The predicted octanol–water partition coefficient (Wildman–Crippen LogP) is 1.01. The molecule has 1 spiro atoms. The first kappa shape index (κ1) is 13.6. The van der Waals surface area contributed by atoms with Crippen LogP contribution in [-0.4, -0.2) is 57.4 Å². The average Bonchev–Trinajstić information content (AvgIpc) is 2.89. The molecule has 5 rings (SSSR count). The van der Waals surface area contributed by atoms with Gasteiger partial charge in [0.25, 0.3) is 0 Å². The molecule has 1 aromatic rings. The number of phenols is 1. The minimum absolute atomic E-state index is 0.0191. The minimum Gasteiger partial charge on any atom is -0.504 e. The van der Waals surface area contributed by atoms with Crippen LogP contribution < -0.4 is 4.74 Å². The molecule has 122 valence electrons. The summed E-state index contributed by atoms with van der Waals surface area (Å²) in [7, 11) is 2.06. The Hall–Kier alpha value is -1.79. The number of oxime groups is 1. The molecule has 2 aliphatic carbocycles. The second-order valence-electron chi connectivity index (χ2n) is 7.38. The highest BCUT2D eigenvalue weighted by molar-refractivity contribution is 5.94. The molecule has 6 heteroatoms. The molecule has 2 fully saturated rings. The Morgan fingerprint density at radius 1 is 1.35 bits per heavy atom. The fraction of sp³-hybridized carbons (Fsp3) is 0.588. The van der Waals surface area contributed by atoms with Gasteiger partial charge in [-0.25, -0.2) is 0 Å². The van der Waals surface area contributed by atoms with E-state index in [0.717, 1.165) is 30.5 Å². The molecule has 2 bridgehead atoms. The van der Waals surface area contributed by atoms with Crippen molar-refractivity contribution in [1.82, 2.24) is 4.90 Å². The first-order chi connectivity index (χ1) is 11.0. The number of hydrogen-bond acceptors (Lipinski definition) is 6. The quantitative estimate of drug-likeness (QED) is 0.491. The molecule has 4 atom stereocenters. The van der Waals surface area contributed by atoms with E-state index in [9.17, 15) is 15.4 Å². The number of benzene rings is 1. The van der Waals surface area contributed by atoms with Gasteiger partial charge in [-0.05, 0) is 50.9 Å². The standard InChI is InChI=1S/C17H20N2O4/c1-19-7-6-16-13-9-2-3-11(20)14(13)23-15(16)10(18-22)4-5-17(16,21)12(19)8-9/h2-3,12,15,20-22H,4-8H2,1H3/b18-10+/t12-,15?,16+,17-/m1/s1. The summed E-state index contributed by atoms with van der Waals surface area (Å²) in [5, 5.41) is 34.9. The van der Waals surface area contributed by atoms with Crippen molar-refractivity contribution >= 4 is 5.71 Å². The molecular formula is C17H20N2O4. The van der Waals surface area contributed by atoms with Crippen LogP contribution in [0.4, 0.5) is 0 Å². The Labute approximate surface area is 134 Å². The highest BCUT2D eigenvalue weighted by Gasteiger charge is 2.72. The lowest BCUT2D eigenvalue weighted by Gasteiger charge is -2.62. The monoisotopic (exact) mass is 316 g/mol. The number of rotatable bonds is 0. The van der Waals surface area contributed by atoms with Crippen LogP contribution in [0.5, 0.6) is 11.5 Å². The molecule has 6 nitrogen and oxygen atoms in total. The Morgan fingerprint density at radius 3 is 2.96 bits per heavy atom. The molecule has 1 unspecified atom stereocenters. The van der Waals surface area contributed by atoms with Gasteiger partial charge < -0.3 is 25.1 Å². The van der Waals surface area contributed by atoms with Crippen molar-refractivity contribution < 1.29 is 20.2 Å². The van der Waals surface area contributed by atoms with E-state index in [1.807, 2.05) is 6.07 Å². The maximum atomic E-state index is 11.7. The van der Waals surface area contributed by atoms with E-state index >= 15 is 0 Å². The zero-order valence-electron chi connectivity index (χ0n) is 13.0. The summed E-state index contributed by atoms with van der Waals surface area (Å²) in [5.74, 6) is 0.571. The van der Waals surface area contributed by atoms with Crippen LogP contribution in [0.3, 0.4) is 0 Å². The second-order valence-corrected chi connectivity index (χ2v) is 7.38. The van der Waals surface area contributed by atoms with Crippen LogP contribution in [0.1, 0.15) is 30.4 Å². The lowest BCUT2D eigenvalue weighted by molar-refractivity contribution is -0.161. The zero-order valence-corrected chi connectivity index (χ0v) is 13.0. The number of aromatic hydroxyl groups is 1. The Kier molecular flexibility index (Phi) is 2.37. The van der Waals surface area contributed by atoms with Gasteiger partial charge >= 0.3 is 0 Å². The molecule has 0 radical (unpaired) electrons. The van der Waals surface area contributed by atoms with Gasteiger partial charge in [-0.3, -0.25) is 0 Å². The second kappa shape index (κ2) is 3.99. The van der Waals surface area contributed by atoms with Crippen LogP contribution in [0.25, 0.3) is 0 Å². The molecule has 23 heavy (non-hydrogen) atoms. The van der Waals surface area contributed by atoms with Gasteiger partial charge in [-0.1, -0.05) is 11.2 Å². The highest BCUT2D eigenvalue weighted by atomic mass is 16.5. The largest absolute Gasteiger partial charge is 0.504 e. The van der Waals surface area contributed by atoms with Gasteiger partial charge in [0.15, 0.2) is 17.6 Å². The topological polar surface area (TPSA) is 85.5 Å². The van der Waals surface area contributed by atoms with Crippen LogP contribution in [-0.2, 0) is 11.8 Å². The Balaban J connectivity index is 1.86. The predicted molar refractivity (Wildman–Crippen MR) is 82.3 cm³/mol. The van der Waals surface area contributed by atoms with Gasteiger partial charge in [0.05, 0.1) is 16.7 Å². The van der Waals surface area contributed by atoms with Gasteiger partial charge in [-0.15, -0.1) is 0 Å². The SMILES string of the molecule is CN1CC[C@]23c4c5ccc(O)c4OC2/C(=N/O)CC[C@@]3(O)[C@H]1C5. The fourth-order valence-electron chi connectivity index (χ4n) is 5.65. The lowest BCUT2D eigenvalue weighted by Crippen LogP contribution is -2.76. The minimum atomic E-state index is -0.926. The number of ether oxygens (including phenoxy) is 1. The third kappa shape index (κ3) is 1.29. The highest BCUT2D eigenvalue weighted by Crippen LogP contribution is 2.64. The molecule has 0 amide bonds. The van der Waals surface area contributed by atoms with Crippen LogP contribution >= 0.6 is 0 Å². The fourth-order valence-corrected chi connectivity index (χ4v) is 5.65. The molecule has 4 aliphatic rings. The smallest absolute Gasteiger partial charge is 0.166 e. The molecule has 1 saturated heterocycles. The summed E-state index contributed by atoms with van der Waals surface area (Å²) < 4.78 is 6.09. The van der Waals surface area contributed by atoms with E-state index in [1.165, 1.54) is 0 Å². The number of likely N-dealkylation sites (tertiary alicyclic amines) is 1. The van der Waals surface area contributed by atoms with E-state index in [-0.39, 0.29) is 11.8 Å². The number of likely N-dealkylation sites (N-methyl/N-ethyl adjacent to an activating group) is 1. The maximum absolute atomic E-state index is 11.7. The van der Waals surface area contributed by atoms with Crippen LogP contribution in [0.2, 0.25) is 0 Å². The van der Waals surface area contributed by atoms with Crippen molar-refractivity contribution in [3.8, 4) is 11.5 Å². The van der Waals surface area contributed by atoms with E-state index in [4.69, 9.17) is 4.74 Å². The van der Waals surface area contributed by atoms with E-state index in [2.05, 4.69) is 17.1 Å². The van der Waals surface area contributed by atoms with Gasteiger partial charge in [0.1, 0.15) is 0 Å². The van der Waals surface area contributed by atoms with Crippen molar-refractivity contribution in [3.63, 3.8) is 0 Å². The van der Waals surface area contributed by atoms with E-state index < -0.39 is 17.1 Å². The van der Waals surface area contributed by atoms with E-state index in [1.54, 1.807) is 6.07 Å². The molecule has 2 heterocycles. The molecular weight excluding hydrogens is 296 g/mol. The van der Waals surface area contributed by atoms with Crippen molar-refractivity contribution in [2.24, 2.45) is 5.16 Å². The average molecular weight is 316 g/mol. The number of nitrogens with zero attached hydrogens (tertiary/aromatic N) is 2. The number of phenolic OH excluding ortho intramolecular Hbond substituents is 1. The lowest BCUT2D eigenvalue weighted by atomic mass is 9.49. The van der Waals surface area contributed by atoms with Crippen molar-refractivity contribution in [3.05, 3.63) is 23.3 Å². The summed E-state index contributed by atoms with van der Waals surface area (Å²) >= 11 is 0. The summed E-state index contributed by atoms with van der Waals surface area (Å²) in [6.07, 6.45) is 2.04. The normalized spacial score (nSPS) is 42.4. The Bertz CT molecular complexity index is 748. The van der Waals surface area contributed by atoms with Gasteiger partial charge in [0.2, 0.25) is 0 Å². The Morgan fingerprint density at radius 2 is 2.17 bits per heavy atom. The molecule has 3 N–H and O–H groups in total. The third-order valence-electron chi connectivity index (χ3n) is 6.67. The van der Waals surface area contributed by atoms with Gasteiger partial charge in [-0.2, -0.15) is 0 Å². The number of hydrogen-bond donors (Lipinski definition) is 3. The summed E-state index contributed by atoms with van der Waals surface area (Å²) in [6.45, 7) is 0.847. The number of aliphatic hydroxyl groups is 1. The zero-order chi connectivity index (χ0) is 16.0. The summed E-state index contributed by atoms with van der Waals surface area (Å²) in [4.78, 5) is 2.23. The van der Waals surface area contributed by atoms with Crippen molar-refractivity contribution in [1.29, 1.82) is 0 Å². The van der Waals surface area contributed by atoms with E-state index in [0.29, 0.717) is 24.3 Å². The molecule has 1 aromatic carbocycles. The number of piperidine rings is 1. The maximum Gasteiger partial charge on any atom is 0.166 e. The first-order valence-electron chi connectivity index (χ1n) is 8.18. The van der Waals surface area contributed by atoms with Crippen molar-refractivity contribution in [2.75, 3.05) is 13.6 Å². The first-order valence-corrected chi connectivity index (χ1v) is 8.18. The van der Waals surface area contributed by atoms with Crippen LogP contribution in [0.15, 0.2) is 17.3 Å². The summed E-state index contributed by atoms with van der Waals surface area (Å²) in [6, 6.07) is 3.63. The van der Waals surface area contributed by atoms with Crippen molar-refractivity contribution in [2.45, 2.75) is 48.8 Å². The van der Waals surface area contributed by atoms with Gasteiger partial charge in [0, 0.05) is 11.6 Å². The molecule has 0 aromatic heterocycles. The molecule has 2 aliphatic heterocycles. The summed E-state index contributed by atoms with van der Waals surface area (Å²) in [5.41, 5.74) is 1.09. The van der Waals surface area contributed by atoms with Crippen LogP contribution in [0, 0.1) is 0 Å². The third-order valence-corrected chi connectivity index (χ3v) is 6.67.